The quantitative estimate of drug-likeness (QED) is 0.815. The van der Waals surface area contributed by atoms with Crippen LogP contribution >= 0.6 is 0 Å². The number of nitrogens with zero attached hydrogens (tertiary/aromatic N) is 2. The lowest BCUT2D eigenvalue weighted by molar-refractivity contribution is 0.255. The number of hydrogen-bond acceptors (Lipinski definition) is 4. The second-order valence-electron chi connectivity index (χ2n) is 5.10. The Kier molecular flexibility index (Phi) is 4.64. The van der Waals surface area contributed by atoms with E-state index in [1.807, 2.05) is 18.2 Å². The largest absolute Gasteiger partial charge is 0.398 e. The summed E-state index contributed by atoms with van der Waals surface area (Å²) >= 11 is 0. The van der Waals surface area contributed by atoms with Gasteiger partial charge in [0.15, 0.2) is 0 Å². The molecular formula is C15H21N3O. The van der Waals surface area contributed by atoms with Crippen molar-refractivity contribution in [3.05, 3.63) is 23.8 Å². The molecule has 0 saturated carbocycles. The molecule has 0 aromatic heterocycles. The summed E-state index contributed by atoms with van der Waals surface area (Å²) in [6.07, 6.45) is 4.88. The molecule has 1 unspecified atom stereocenters. The molecule has 1 aliphatic rings. The van der Waals surface area contributed by atoms with Crippen LogP contribution in [0.4, 0.5) is 11.4 Å². The average Bonchev–Trinajstić information content (AvgIpc) is 2.66. The first-order valence-corrected chi connectivity index (χ1v) is 6.89. The van der Waals surface area contributed by atoms with E-state index in [0.29, 0.717) is 12.1 Å². The molecule has 0 spiro atoms. The van der Waals surface area contributed by atoms with Gasteiger partial charge in [-0.2, -0.15) is 5.26 Å². The highest BCUT2D eigenvalue weighted by atomic mass is 16.3. The Morgan fingerprint density at radius 2 is 2.21 bits per heavy atom. The van der Waals surface area contributed by atoms with Gasteiger partial charge in [-0.3, -0.25) is 0 Å². The summed E-state index contributed by atoms with van der Waals surface area (Å²) in [6.45, 7) is 1.14. The summed E-state index contributed by atoms with van der Waals surface area (Å²) in [5.74, 6) is 0. The Labute approximate surface area is 114 Å². The Hall–Kier alpha value is -1.73. The topological polar surface area (TPSA) is 73.3 Å². The molecule has 1 heterocycles. The summed E-state index contributed by atoms with van der Waals surface area (Å²) < 4.78 is 0. The van der Waals surface area contributed by atoms with E-state index in [1.165, 1.54) is 12.8 Å². The van der Waals surface area contributed by atoms with Gasteiger partial charge in [0.2, 0.25) is 0 Å². The van der Waals surface area contributed by atoms with Crippen LogP contribution in [0.25, 0.3) is 0 Å². The summed E-state index contributed by atoms with van der Waals surface area (Å²) in [5.41, 5.74) is 8.50. The minimum Gasteiger partial charge on any atom is -0.398 e. The summed E-state index contributed by atoms with van der Waals surface area (Å²) in [7, 11) is 0. The molecule has 1 aromatic carbocycles. The van der Waals surface area contributed by atoms with Gasteiger partial charge in [-0.25, -0.2) is 0 Å². The molecule has 3 N–H and O–H groups in total. The number of aliphatic hydroxyl groups is 1. The van der Waals surface area contributed by atoms with Crippen LogP contribution in [0.15, 0.2) is 18.2 Å². The van der Waals surface area contributed by atoms with Crippen LogP contribution in [0.2, 0.25) is 0 Å². The molecule has 1 aliphatic heterocycles. The van der Waals surface area contributed by atoms with Crippen molar-refractivity contribution in [3.8, 4) is 6.07 Å². The van der Waals surface area contributed by atoms with Crippen LogP contribution in [0.3, 0.4) is 0 Å². The van der Waals surface area contributed by atoms with Crippen LogP contribution in [0.5, 0.6) is 0 Å². The number of aliphatic hydroxyl groups excluding tert-OH is 1. The van der Waals surface area contributed by atoms with Gasteiger partial charge in [-0.05, 0) is 36.6 Å². The third-order valence-electron chi connectivity index (χ3n) is 3.82. The monoisotopic (exact) mass is 259 g/mol. The molecule has 4 nitrogen and oxygen atoms in total. The standard InChI is InChI=1S/C15H21N3O/c16-8-7-12-10-13(5-6-15(12)17)18-9-3-1-2-4-14(18)11-19/h5-6,10,14,19H,1-4,7,9,11,17H2. The summed E-state index contributed by atoms with van der Waals surface area (Å²) in [6, 6.07) is 8.17. The lowest BCUT2D eigenvalue weighted by Gasteiger charge is -2.31. The highest BCUT2D eigenvalue weighted by Gasteiger charge is 2.21. The van der Waals surface area contributed by atoms with Gasteiger partial charge in [0.1, 0.15) is 0 Å². The third kappa shape index (κ3) is 3.18. The lowest BCUT2D eigenvalue weighted by Crippen LogP contribution is -2.37. The smallest absolute Gasteiger partial charge is 0.0670 e. The van der Waals surface area contributed by atoms with Crippen molar-refractivity contribution in [2.75, 3.05) is 23.8 Å². The van der Waals surface area contributed by atoms with E-state index < -0.39 is 0 Å². The minimum atomic E-state index is 0.179. The van der Waals surface area contributed by atoms with E-state index in [-0.39, 0.29) is 12.6 Å². The predicted molar refractivity (Wildman–Crippen MR) is 76.9 cm³/mol. The molecule has 1 aromatic rings. The highest BCUT2D eigenvalue weighted by molar-refractivity contribution is 5.59. The number of nitriles is 1. The van der Waals surface area contributed by atoms with Crippen molar-refractivity contribution in [2.45, 2.75) is 38.1 Å². The van der Waals surface area contributed by atoms with E-state index in [2.05, 4.69) is 11.0 Å². The highest BCUT2D eigenvalue weighted by Crippen LogP contribution is 2.27. The molecule has 0 amide bonds. The first kappa shape index (κ1) is 13.7. The fourth-order valence-corrected chi connectivity index (χ4v) is 2.72. The number of anilines is 2. The molecular weight excluding hydrogens is 238 g/mol. The Morgan fingerprint density at radius 1 is 1.37 bits per heavy atom. The van der Waals surface area contributed by atoms with Crippen molar-refractivity contribution in [1.82, 2.24) is 0 Å². The number of hydrogen-bond donors (Lipinski definition) is 2. The first-order chi connectivity index (χ1) is 9.26. The Balaban J connectivity index is 2.28. The van der Waals surface area contributed by atoms with Crippen LogP contribution < -0.4 is 10.6 Å². The molecule has 19 heavy (non-hydrogen) atoms. The van der Waals surface area contributed by atoms with Crippen molar-refractivity contribution in [2.24, 2.45) is 0 Å². The second kappa shape index (κ2) is 6.44. The zero-order valence-electron chi connectivity index (χ0n) is 11.2. The van der Waals surface area contributed by atoms with Crippen LogP contribution in [0, 0.1) is 11.3 Å². The number of nitrogens with two attached hydrogens (primary N) is 1. The average molecular weight is 259 g/mol. The fraction of sp³-hybridized carbons (Fsp3) is 0.533. The van der Waals surface area contributed by atoms with E-state index in [1.54, 1.807) is 0 Å². The molecule has 0 aliphatic carbocycles. The summed E-state index contributed by atoms with van der Waals surface area (Å²) in [4.78, 5) is 2.26. The van der Waals surface area contributed by atoms with Gasteiger partial charge < -0.3 is 15.7 Å². The fourth-order valence-electron chi connectivity index (χ4n) is 2.72. The number of nitrogen functional groups attached to an aromatic ring is 1. The maximum atomic E-state index is 9.56. The molecule has 4 heteroatoms. The van der Waals surface area contributed by atoms with Crippen molar-refractivity contribution in [1.29, 1.82) is 5.26 Å². The van der Waals surface area contributed by atoms with E-state index >= 15 is 0 Å². The lowest BCUT2D eigenvalue weighted by atomic mass is 10.1. The van der Waals surface area contributed by atoms with E-state index in [4.69, 9.17) is 11.0 Å². The molecule has 1 fully saturated rings. The van der Waals surface area contributed by atoms with Gasteiger partial charge in [-0.15, -0.1) is 0 Å². The Morgan fingerprint density at radius 3 is 2.95 bits per heavy atom. The third-order valence-corrected chi connectivity index (χ3v) is 3.82. The molecule has 0 bridgehead atoms. The maximum Gasteiger partial charge on any atom is 0.0670 e. The van der Waals surface area contributed by atoms with Crippen molar-refractivity contribution >= 4 is 11.4 Å². The van der Waals surface area contributed by atoms with Gasteiger partial charge in [0.25, 0.3) is 0 Å². The zero-order chi connectivity index (χ0) is 13.7. The molecule has 1 saturated heterocycles. The van der Waals surface area contributed by atoms with Gasteiger partial charge >= 0.3 is 0 Å². The molecule has 102 valence electrons. The first-order valence-electron chi connectivity index (χ1n) is 6.89. The van der Waals surface area contributed by atoms with Crippen molar-refractivity contribution in [3.63, 3.8) is 0 Å². The van der Waals surface area contributed by atoms with E-state index in [9.17, 15) is 5.11 Å². The molecule has 2 rings (SSSR count). The minimum absolute atomic E-state index is 0.179. The number of benzene rings is 1. The normalized spacial score (nSPS) is 19.8. The van der Waals surface area contributed by atoms with Gasteiger partial charge in [0, 0.05) is 17.9 Å². The predicted octanol–water partition coefficient (Wildman–Crippen LogP) is 2.08. The van der Waals surface area contributed by atoms with Crippen LogP contribution in [0.1, 0.15) is 31.2 Å². The molecule has 0 radical (unpaired) electrons. The zero-order valence-corrected chi connectivity index (χ0v) is 11.2. The maximum absolute atomic E-state index is 9.56. The number of rotatable bonds is 3. The van der Waals surface area contributed by atoms with Crippen LogP contribution in [-0.4, -0.2) is 24.3 Å². The van der Waals surface area contributed by atoms with Crippen molar-refractivity contribution < 1.29 is 5.11 Å². The van der Waals surface area contributed by atoms with Crippen LogP contribution in [-0.2, 0) is 6.42 Å². The molecule has 1 atom stereocenters. The van der Waals surface area contributed by atoms with Gasteiger partial charge in [-0.1, -0.05) is 12.8 Å². The second-order valence-corrected chi connectivity index (χ2v) is 5.10. The summed E-state index contributed by atoms with van der Waals surface area (Å²) in [5, 5.41) is 18.4. The SMILES string of the molecule is N#CCc1cc(N2CCCCCC2CO)ccc1N. The van der Waals surface area contributed by atoms with Gasteiger partial charge in [0.05, 0.1) is 25.1 Å². The van der Waals surface area contributed by atoms with E-state index in [0.717, 1.165) is 30.6 Å². The Bertz CT molecular complexity index is 467.